The van der Waals surface area contributed by atoms with Crippen LogP contribution in [-0.2, 0) is 6.54 Å². The van der Waals surface area contributed by atoms with Crippen LogP contribution in [0.25, 0.3) is 0 Å². The van der Waals surface area contributed by atoms with Gasteiger partial charge < -0.3 is 5.32 Å². The van der Waals surface area contributed by atoms with E-state index < -0.39 is 0 Å². The summed E-state index contributed by atoms with van der Waals surface area (Å²) in [5.41, 5.74) is 1.36. The van der Waals surface area contributed by atoms with E-state index in [0.29, 0.717) is 22.9 Å². The Balaban J connectivity index is 1.63. The number of hydrogen-bond acceptors (Lipinski definition) is 4. The number of aryl methyl sites for hydroxylation is 1. The summed E-state index contributed by atoms with van der Waals surface area (Å²) in [6.07, 6.45) is 0. The quantitative estimate of drug-likeness (QED) is 0.878. The summed E-state index contributed by atoms with van der Waals surface area (Å²) in [6, 6.07) is 12.8. The second-order valence-corrected chi connectivity index (χ2v) is 6.42. The van der Waals surface area contributed by atoms with Crippen molar-refractivity contribution in [2.75, 3.05) is 18.4 Å². The molecule has 1 aliphatic rings. The van der Waals surface area contributed by atoms with E-state index in [2.05, 4.69) is 57.4 Å². The van der Waals surface area contributed by atoms with Crippen molar-refractivity contribution in [3.05, 3.63) is 52.9 Å². The van der Waals surface area contributed by atoms with Gasteiger partial charge in [-0.3, -0.25) is 4.90 Å². The molecule has 22 heavy (non-hydrogen) atoms. The van der Waals surface area contributed by atoms with Crippen molar-refractivity contribution < 1.29 is 0 Å². The maximum Gasteiger partial charge on any atom is 0.134 e. The number of aromatic nitrogens is 2. The van der Waals surface area contributed by atoms with Crippen molar-refractivity contribution >= 4 is 17.4 Å². The Labute approximate surface area is 136 Å². The van der Waals surface area contributed by atoms with E-state index in [0.717, 1.165) is 25.5 Å². The Morgan fingerprint density at radius 2 is 2.00 bits per heavy atom. The molecule has 1 aliphatic heterocycles. The second-order valence-electron chi connectivity index (χ2n) is 6.03. The first kappa shape index (κ1) is 15.3. The van der Waals surface area contributed by atoms with Crippen molar-refractivity contribution in [2.45, 2.75) is 26.4 Å². The summed E-state index contributed by atoms with van der Waals surface area (Å²) in [4.78, 5) is 11.0. The number of benzene rings is 1. The minimum atomic E-state index is 0.383. The molecule has 1 saturated heterocycles. The normalized spacial score (nSPS) is 22.0. The molecule has 4 nitrogen and oxygen atoms in total. The molecule has 2 heterocycles. The fourth-order valence-corrected chi connectivity index (χ4v) is 3.25. The smallest absolute Gasteiger partial charge is 0.134 e. The van der Waals surface area contributed by atoms with Gasteiger partial charge in [0.1, 0.15) is 16.8 Å². The topological polar surface area (TPSA) is 41.1 Å². The summed E-state index contributed by atoms with van der Waals surface area (Å²) < 4.78 is 0. The predicted molar refractivity (Wildman–Crippen MR) is 90.1 cm³/mol. The molecule has 2 aromatic rings. The number of nitrogens with one attached hydrogen (secondary N) is 1. The van der Waals surface area contributed by atoms with E-state index >= 15 is 0 Å². The lowest BCUT2D eigenvalue weighted by molar-refractivity contribution is 0.319. The van der Waals surface area contributed by atoms with Crippen molar-refractivity contribution in [3.63, 3.8) is 0 Å². The molecule has 2 atom stereocenters. The summed E-state index contributed by atoms with van der Waals surface area (Å²) >= 11 is 6.01. The van der Waals surface area contributed by atoms with Crippen molar-refractivity contribution in [1.82, 2.24) is 14.9 Å². The number of halogens is 1. The average molecular weight is 317 g/mol. The van der Waals surface area contributed by atoms with Crippen LogP contribution in [0.3, 0.4) is 0 Å². The monoisotopic (exact) mass is 316 g/mol. The maximum atomic E-state index is 6.01. The first-order chi connectivity index (χ1) is 10.6. The first-order valence-corrected chi connectivity index (χ1v) is 8.02. The van der Waals surface area contributed by atoms with Gasteiger partial charge in [0, 0.05) is 31.7 Å². The zero-order chi connectivity index (χ0) is 15.5. The molecule has 0 bridgehead atoms. The van der Waals surface area contributed by atoms with Crippen LogP contribution >= 0.6 is 11.6 Å². The SMILES string of the molecule is Cc1nc(Cl)cc(NC2CN(Cc3ccccc3)CC2C)n1. The summed E-state index contributed by atoms with van der Waals surface area (Å²) in [6.45, 7) is 7.23. The van der Waals surface area contributed by atoms with Gasteiger partial charge in [0.15, 0.2) is 0 Å². The Bertz CT molecular complexity index is 612. The first-order valence-electron chi connectivity index (χ1n) is 7.64. The Morgan fingerprint density at radius 1 is 1.23 bits per heavy atom. The molecule has 0 amide bonds. The molecule has 5 heteroatoms. The van der Waals surface area contributed by atoms with Crippen molar-refractivity contribution in [1.29, 1.82) is 0 Å². The summed E-state index contributed by atoms with van der Waals surface area (Å²) in [5.74, 6) is 2.08. The van der Waals surface area contributed by atoms with Crippen LogP contribution in [0.2, 0.25) is 5.15 Å². The van der Waals surface area contributed by atoms with Gasteiger partial charge in [-0.2, -0.15) is 0 Å². The molecule has 0 spiro atoms. The third-order valence-corrected chi connectivity index (χ3v) is 4.27. The summed E-state index contributed by atoms with van der Waals surface area (Å²) in [7, 11) is 0. The Morgan fingerprint density at radius 3 is 2.73 bits per heavy atom. The standard InChI is InChI=1S/C17H21ClN4/c1-12-9-22(10-14-6-4-3-5-7-14)11-15(12)21-17-8-16(18)19-13(2)20-17/h3-8,12,15H,9-11H2,1-2H3,(H,19,20,21). The number of hydrogen-bond donors (Lipinski definition) is 1. The minimum Gasteiger partial charge on any atom is -0.366 e. The molecular weight excluding hydrogens is 296 g/mol. The number of rotatable bonds is 4. The highest BCUT2D eigenvalue weighted by molar-refractivity contribution is 6.29. The number of nitrogens with zero attached hydrogens (tertiary/aromatic N) is 3. The van der Waals surface area contributed by atoms with Gasteiger partial charge in [0.25, 0.3) is 0 Å². The van der Waals surface area contributed by atoms with Gasteiger partial charge >= 0.3 is 0 Å². The highest BCUT2D eigenvalue weighted by Gasteiger charge is 2.29. The predicted octanol–water partition coefficient (Wildman–Crippen LogP) is 3.37. The molecule has 1 N–H and O–H groups in total. The highest BCUT2D eigenvalue weighted by atomic mass is 35.5. The fourth-order valence-electron chi connectivity index (χ4n) is 3.02. The van der Waals surface area contributed by atoms with Gasteiger partial charge in [-0.25, -0.2) is 9.97 Å². The van der Waals surface area contributed by atoms with Crippen LogP contribution in [0.15, 0.2) is 36.4 Å². The van der Waals surface area contributed by atoms with Gasteiger partial charge in [0.2, 0.25) is 0 Å². The lowest BCUT2D eigenvalue weighted by Gasteiger charge is -2.18. The second kappa shape index (κ2) is 6.63. The highest BCUT2D eigenvalue weighted by Crippen LogP contribution is 2.22. The fraction of sp³-hybridized carbons (Fsp3) is 0.412. The lowest BCUT2D eigenvalue weighted by Crippen LogP contribution is -2.28. The van der Waals surface area contributed by atoms with Crippen LogP contribution in [-0.4, -0.2) is 34.0 Å². The Kier molecular flexibility index (Phi) is 4.60. The van der Waals surface area contributed by atoms with Crippen LogP contribution in [0.5, 0.6) is 0 Å². The molecule has 0 radical (unpaired) electrons. The molecule has 1 aromatic heterocycles. The third kappa shape index (κ3) is 3.76. The third-order valence-electron chi connectivity index (χ3n) is 4.08. The van der Waals surface area contributed by atoms with Gasteiger partial charge in [-0.15, -0.1) is 0 Å². The molecule has 1 aromatic carbocycles. The minimum absolute atomic E-state index is 0.383. The maximum absolute atomic E-state index is 6.01. The average Bonchev–Trinajstić information content (AvgIpc) is 2.78. The van der Waals surface area contributed by atoms with Crippen LogP contribution in [0.4, 0.5) is 5.82 Å². The summed E-state index contributed by atoms with van der Waals surface area (Å²) in [5, 5.41) is 4.00. The molecule has 116 valence electrons. The largest absolute Gasteiger partial charge is 0.366 e. The van der Waals surface area contributed by atoms with Crippen LogP contribution < -0.4 is 5.32 Å². The van der Waals surface area contributed by atoms with Crippen molar-refractivity contribution in [3.8, 4) is 0 Å². The zero-order valence-corrected chi connectivity index (χ0v) is 13.7. The van der Waals surface area contributed by atoms with Crippen molar-refractivity contribution in [2.24, 2.45) is 5.92 Å². The number of likely N-dealkylation sites (tertiary alicyclic amines) is 1. The van der Waals surface area contributed by atoms with E-state index in [1.807, 2.05) is 6.92 Å². The van der Waals surface area contributed by atoms with Crippen LogP contribution in [0, 0.1) is 12.8 Å². The van der Waals surface area contributed by atoms with Gasteiger partial charge in [0.05, 0.1) is 0 Å². The van der Waals surface area contributed by atoms with E-state index in [1.54, 1.807) is 6.07 Å². The van der Waals surface area contributed by atoms with Gasteiger partial charge in [-0.1, -0.05) is 48.9 Å². The van der Waals surface area contributed by atoms with Gasteiger partial charge in [-0.05, 0) is 18.4 Å². The molecule has 0 aliphatic carbocycles. The Hall–Kier alpha value is -1.65. The molecule has 3 rings (SSSR count). The van der Waals surface area contributed by atoms with E-state index in [1.165, 1.54) is 5.56 Å². The lowest BCUT2D eigenvalue weighted by atomic mass is 10.1. The molecular formula is C17H21ClN4. The van der Waals surface area contributed by atoms with E-state index in [9.17, 15) is 0 Å². The van der Waals surface area contributed by atoms with E-state index in [-0.39, 0.29) is 0 Å². The molecule has 1 fully saturated rings. The van der Waals surface area contributed by atoms with E-state index in [4.69, 9.17) is 11.6 Å². The molecule has 0 saturated carbocycles. The zero-order valence-electron chi connectivity index (χ0n) is 13.0. The number of anilines is 1. The molecule has 2 unspecified atom stereocenters. The van der Waals surface area contributed by atoms with Crippen LogP contribution in [0.1, 0.15) is 18.3 Å².